The van der Waals surface area contributed by atoms with Crippen molar-refractivity contribution in [3.63, 3.8) is 0 Å². The average Bonchev–Trinajstić information content (AvgIpc) is 3.75. The van der Waals surface area contributed by atoms with E-state index in [4.69, 9.17) is 14.9 Å². The zero-order chi connectivity index (χ0) is 30.8. The summed E-state index contributed by atoms with van der Waals surface area (Å²) in [5, 5.41) is 2.27. The normalized spacial score (nSPS) is 11.4. The Kier molecular flexibility index (Phi) is 7.34. The molecule has 0 spiro atoms. The molecule has 7 aromatic rings. The van der Waals surface area contributed by atoms with Gasteiger partial charge in [0, 0.05) is 28.2 Å². The standard InChI is InChI=1S/C40H31N3O2/c1-3-33-34(4-2)39-35-17-16-29(28-11-9-13-31(23-28)40-42-19-21-45-40)24-37(35)43(32-14-6-5-7-15-32)38(39)25-36(33)30-12-8-10-27(22-30)26-44-20-18-41/h3-25H,1-2,26,41H2/b20-18-. The van der Waals surface area contributed by atoms with E-state index in [1.54, 1.807) is 12.5 Å². The van der Waals surface area contributed by atoms with Crippen LogP contribution in [-0.4, -0.2) is 9.55 Å². The van der Waals surface area contributed by atoms with Crippen molar-refractivity contribution in [2.75, 3.05) is 0 Å². The number of nitrogens with zero attached hydrogens (tertiary/aromatic N) is 2. The molecule has 0 fully saturated rings. The van der Waals surface area contributed by atoms with Gasteiger partial charge in [0.05, 0.1) is 23.5 Å². The Morgan fingerprint density at radius 3 is 2.31 bits per heavy atom. The molecule has 2 aromatic heterocycles. The van der Waals surface area contributed by atoms with Gasteiger partial charge in [0.1, 0.15) is 12.9 Å². The summed E-state index contributed by atoms with van der Waals surface area (Å²) in [7, 11) is 0. The summed E-state index contributed by atoms with van der Waals surface area (Å²) in [6.45, 7) is 8.92. The number of rotatable bonds is 9. The third-order valence-corrected chi connectivity index (χ3v) is 8.10. The van der Waals surface area contributed by atoms with Crippen LogP contribution in [0, 0.1) is 0 Å². The molecule has 2 N–H and O–H groups in total. The zero-order valence-electron chi connectivity index (χ0n) is 24.7. The summed E-state index contributed by atoms with van der Waals surface area (Å²) in [6.07, 6.45) is 10.0. The highest BCUT2D eigenvalue weighted by molar-refractivity contribution is 6.16. The van der Waals surface area contributed by atoms with Crippen LogP contribution in [-0.2, 0) is 11.3 Å². The lowest BCUT2D eigenvalue weighted by Crippen LogP contribution is -1.96. The molecule has 7 rings (SSSR count). The van der Waals surface area contributed by atoms with Crippen LogP contribution in [0.5, 0.6) is 0 Å². The van der Waals surface area contributed by atoms with Crippen LogP contribution < -0.4 is 5.73 Å². The number of oxazole rings is 1. The molecule has 0 amide bonds. The maximum Gasteiger partial charge on any atom is 0.225 e. The fourth-order valence-corrected chi connectivity index (χ4v) is 6.15. The van der Waals surface area contributed by atoms with Gasteiger partial charge in [-0.05, 0) is 81.4 Å². The summed E-state index contributed by atoms with van der Waals surface area (Å²) >= 11 is 0. The van der Waals surface area contributed by atoms with Gasteiger partial charge in [0.2, 0.25) is 5.89 Å². The van der Waals surface area contributed by atoms with Crippen molar-refractivity contribution in [3.05, 3.63) is 158 Å². The molecule has 0 saturated heterocycles. The van der Waals surface area contributed by atoms with Crippen LogP contribution in [0.3, 0.4) is 0 Å². The Labute approximate surface area is 261 Å². The van der Waals surface area contributed by atoms with Crippen LogP contribution in [0.25, 0.3) is 73.4 Å². The largest absolute Gasteiger partial charge is 0.495 e. The lowest BCUT2D eigenvalue weighted by atomic mass is 9.91. The Balaban J connectivity index is 1.50. The molecule has 0 aliphatic carbocycles. The van der Waals surface area contributed by atoms with Gasteiger partial charge in [0.25, 0.3) is 0 Å². The topological polar surface area (TPSA) is 66.2 Å². The minimum atomic E-state index is 0.422. The van der Waals surface area contributed by atoms with Crippen molar-refractivity contribution in [3.8, 4) is 39.4 Å². The second-order valence-corrected chi connectivity index (χ2v) is 10.7. The molecule has 5 aromatic carbocycles. The SMILES string of the molecule is C=Cc1c(-c2cccc(CO/C=C\N)c2)cc2c(c1C=C)c1ccc(-c3cccc(-c4ncco4)c3)cc1n2-c1ccccc1. The molecular weight excluding hydrogens is 554 g/mol. The number of hydrogen-bond donors (Lipinski definition) is 1. The number of ether oxygens (including phenoxy) is 1. The number of aromatic nitrogens is 2. The quantitative estimate of drug-likeness (QED) is 0.171. The number of hydrogen-bond acceptors (Lipinski definition) is 4. The molecule has 0 saturated carbocycles. The first kappa shape index (κ1) is 27.7. The molecule has 0 aliphatic rings. The highest BCUT2D eigenvalue weighted by Crippen LogP contribution is 2.42. The fraction of sp³-hybridized carbons (Fsp3) is 0.0250. The Morgan fingerprint density at radius 1 is 0.756 bits per heavy atom. The van der Waals surface area contributed by atoms with Crippen molar-refractivity contribution in [1.82, 2.24) is 9.55 Å². The summed E-state index contributed by atoms with van der Waals surface area (Å²) < 4.78 is 13.5. The Hall–Kier alpha value is -6.07. The first-order valence-corrected chi connectivity index (χ1v) is 14.7. The van der Waals surface area contributed by atoms with Crippen LogP contribution in [0.2, 0.25) is 0 Å². The lowest BCUT2D eigenvalue weighted by Gasteiger charge is -2.15. The van der Waals surface area contributed by atoms with E-state index in [0.717, 1.165) is 72.0 Å². The number of para-hydroxylation sites is 1. The highest BCUT2D eigenvalue weighted by Gasteiger charge is 2.20. The molecule has 5 heteroatoms. The lowest BCUT2D eigenvalue weighted by molar-refractivity contribution is 0.236. The molecule has 0 radical (unpaired) electrons. The monoisotopic (exact) mass is 585 g/mol. The van der Waals surface area contributed by atoms with Crippen molar-refractivity contribution in [2.45, 2.75) is 6.61 Å². The van der Waals surface area contributed by atoms with Gasteiger partial charge in [-0.25, -0.2) is 4.98 Å². The van der Waals surface area contributed by atoms with E-state index in [1.165, 1.54) is 12.5 Å². The van der Waals surface area contributed by atoms with Gasteiger partial charge >= 0.3 is 0 Å². The van der Waals surface area contributed by atoms with Crippen molar-refractivity contribution in [1.29, 1.82) is 0 Å². The Morgan fingerprint density at radius 2 is 1.53 bits per heavy atom. The minimum Gasteiger partial charge on any atom is -0.495 e. The zero-order valence-corrected chi connectivity index (χ0v) is 24.7. The van der Waals surface area contributed by atoms with E-state index < -0.39 is 0 Å². The highest BCUT2D eigenvalue weighted by atomic mass is 16.5. The minimum absolute atomic E-state index is 0.422. The number of fused-ring (bicyclic) bond motifs is 3. The second kappa shape index (κ2) is 11.9. The molecule has 2 heterocycles. The predicted octanol–water partition coefficient (Wildman–Crippen LogP) is 10.0. The van der Waals surface area contributed by atoms with Crippen molar-refractivity contribution in [2.24, 2.45) is 5.73 Å². The molecule has 218 valence electrons. The van der Waals surface area contributed by atoms with Gasteiger partial charge < -0.3 is 19.5 Å². The van der Waals surface area contributed by atoms with Crippen LogP contribution in [0.15, 0.2) is 146 Å². The van der Waals surface area contributed by atoms with E-state index in [2.05, 4.69) is 102 Å². The third kappa shape index (κ3) is 5.00. The Bertz CT molecular complexity index is 2210. The van der Waals surface area contributed by atoms with Gasteiger partial charge in [-0.1, -0.05) is 86.0 Å². The molecule has 0 atom stereocenters. The van der Waals surface area contributed by atoms with Gasteiger partial charge in [0.15, 0.2) is 0 Å². The van der Waals surface area contributed by atoms with E-state index >= 15 is 0 Å². The summed E-state index contributed by atoms with van der Waals surface area (Å²) in [5.41, 5.74) is 17.1. The maximum atomic E-state index is 5.58. The molecule has 45 heavy (non-hydrogen) atoms. The fourth-order valence-electron chi connectivity index (χ4n) is 6.15. The van der Waals surface area contributed by atoms with Crippen LogP contribution in [0.4, 0.5) is 0 Å². The van der Waals surface area contributed by atoms with Gasteiger partial charge in [-0.15, -0.1) is 0 Å². The van der Waals surface area contributed by atoms with Crippen LogP contribution >= 0.6 is 0 Å². The summed E-state index contributed by atoms with van der Waals surface area (Å²) in [6, 6.07) is 36.1. The average molecular weight is 586 g/mol. The first-order valence-electron chi connectivity index (χ1n) is 14.7. The van der Waals surface area contributed by atoms with E-state index in [1.807, 2.05) is 36.4 Å². The van der Waals surface area contributed by atoms with Crippen molar-refractivity contribution < 1.29 is 9.15 Å². The predicted molar refractivity (Wildman–Crippen MR) is 185 cm³/mol. The van der Waals surface area contributed by atoms with E-state index in [0.29, 0.717) is 12.5 Å². The molecule has 5 nitrogen and oxygen atoms in total. The maximum absolute atomic E-state index is 5.58. The molecular formula is C40H31N3O2. The van der Waals surface area contributed by atoms with Gasteiger partial charge in [-0.2, -0.15) is 0 Å². The van der Waals surface area contributed by atoms with Crippen LogP contribution in [0.1, 0.15) is 16.7 Å². The number of nitrogens with two attached hydrogens (primary N) is 1. The number of benzene rings is 5. The van der Waals surface area contributed by atoms with E-state index in [-0.39, 0.29) is 0 Å². The molecule has 0 unspecified atom stereocenters. The molecule has 0 bridgehead atoms. The van der Waals surface area contributed by atoms with Crippen molar-refractivity contribution >= 4 is 34.0 Å². The van der Waals surface area contributed by atoms with E-state index in [9.17, 15) is 0 Å². The molecule has 0 aliphatic heterocycles. The summed E-state index contributed by atoms with van der Waals surface area (Å²) in [5.74, 6) is 0.600. The smallest absolute Gasteiger partial charge is 0.225 e. The first-order chi connectivity index (χ1) is 22.2. The van der Waals surface area contributed by atoms with Gasteiger partial charge in [-0.3, -0.25) is 0 Å². The second-order valence-electron chi connectivity index (χ2n) is 10.7. The summed E-state index contributed by atoms with van der Waals surface area (Å²) in [4.78, 5) is 4.34. The third-order valence-electron chi connectivity index (χ3n) is 8.10.